The summed E-state index contributed by atoms with van der Waals surface area (Å²) in [4.78, 5) is 24.3. The molecule has 1 heterocycles. The zero-order valence-electron chi connectivity index (χ0n) is 9.76. The summed E-state index contributed by atoms with van der Waals surface area (Å²) in [6.07, 6.45) is 2.85. The number of carbonyl (C=O) groups excluding carboxylic acids is 1. The molecule has 6 heteroatoms. The molecule has 0 bridgehead atoms. The van der Waals surface area contributed by atoms with E-state index in [2.05, 4.69) is 5.32 Å². The first-order valence-corrected chi connectivity index (χ1v) is 6.09. The average Bonchev–Trinajstić information content (AvgIpc) is 2.99. The maximum atomic E-state index is 11.9. The lowest BCUT2D eigenvalue weighted by molar-refractivity contribution is -0.137. The summed E-state index contributed by atoms with van der Waals surface area (Å²) in [5, 5.41) is 11.6. The van der Waals surface area contributed by atoms with Gasteiger partial charge in [0, 0.05) is 25.2 Å². The van der Waals surface area contributed by atoms with E-state index >= 15 is 0 Å². The van der Waals surface area contributed by atoms with Gasteiger partial charge in [0.05, 0.1) is 6.42 Å². The molecule has 0 aromatic rings. The summed E-state index contributed by atoms with van der Waals surface area (Å²) < 4.78 is 0. The van der Waals surface area contributed by atoms with Crippen molar-refractivity contribution in [1.29, 1.82) is 0 Å². The van der Waals surface area contributed by atoms with Gasteiger partial charge in [-0.05, 0) is 25.2 Å². The maximum absolute atomic E-state index is 11.9. The van der Waals surface area contributed by atoms with Crippen LogP contribution in [0.25, 0.3) is 0 Å². The van der Waals surface area contributed by atoms with Crippen molar-refractivity contribution in [2.45, 2.75) is 37.8 Å². The Morgan fingerprint density at radius 3 is 2.59 bits per heavy atom. The van der Waals surface area contributed by atoms with E-state index in [9.17, 15) is 9.59 Å². The van der Waals surface area contributed by atoms with Crippen LogP contribution in [0.15, 0.2) is 0 Å². The highest BCUT2D eigenvalue weighted by Gasteiger charge is 2.35. The fraction of sp³-hybridized carbons (Fsp3) is 0.818. The molecule has 1 aliphatic heterocycles. The number of carbonyl (C=O) groups is 2. The van der Waals surface area contributed by atoms with E-state index in [1.54, 1.807) is 4.90 Å². The Labute approximate surface area is 100 Å². The van der Waals surface area contributed by atoms with Crippen LogP contribution in [0.1, 0.15) is 25.7 Å². The Morgan fingerprint density at radius 1 is 1.41 bits per heavy atom. The molecule has 2 unspecified atom stereocenters. The number of likely N-dealkylation sites (tertiary alicyclic amines) is 1. The van der Waals surface area contributed by atoms with Crippen LogP contribution in [-0.4, -0.2) is 47.2 Å². The quantitative estimate of drug-likeness (QED) is 0.644. The van der Waals surface area contributed by atoms with Crippen molar-refractivity contribution in [3.05, 3.63) is 0 Å². The SMILES string of the molecule is NC1CCN(C(=O)NC(CC(=O)O)C2CC2)C1. The number of hydrogen-bond acceptors (Lipinski definition) is 3. The second-order valence-electron chi connectivity index (χ2n) is 4.99. The lowest BCUT2D eigenvalue weighted by Crippen LogP contribution is -2.46. The predicted octanol–water partition coefficient (Wildman–Crippen LogP) is -0.0177. The molecule has 1 saturated carbocycles. The van der Waals surface area contributed by atoms with E-state index in [-0.39, 0.29) is 24.5 Å². The first-order valence-electron chi connectivity index (χ1n) is 6.09. The van der Waals surface area contributed by atoms with Gasteiger partial charge in [0.1, 0.15) is 0 Å². The molecule has 2 rings (SSSR count). The number of carboxylic acid groups (broad SMARTS) is 1. The van der Waals surface area contributed by atoms with Crippen LogP contribution in [0, 0.1) is 5.92 Å². The van der Waals surface area contributed by atoms with Crippen molar-refractivity contribution in [2.24, 2.45) is 11.7 Å². The molecule has 2 fully saturated rings. The third kappa shape index (κ3) is 3.33. The Balaban J connectivity index is 1.84. The molecule has 2 atom stereocenters. The molecule has 0 aromatic heterocycles. The smallest absolute Gasteiger partial charge is 0.317 e. The highest BCUT2D eigenvalue weighted by Crippen LogP contribution is 2.34. The van der Waals surface area contributed by atoms with Gasteiger partial charge < -0.3 is 21.1 Å². The Hall–Kier alpha value is -1.30. The summed E-state index contributed by atoms with van der Waals surface area (Å²) in [5.74, 6) is -0.522. The van der Waals surface area contributed by atoms with Crippen LogP contribution in [0.2, 0.25) is 0 Å². The molecule has 2 aliphatic rings. The molecular formula is C11H19N3O3. The third-order valence-electron chi connectivity index (χ3n) is 3.41. The molecule has 0 spiro atoms. The predicted molar refractivity (Wildman–Crippen MR) is 61.5 cm³/mol. The van der Waals surface area contributed by atoms with Crippen LogP contribution in [0.4, 0.5) is 4.79 Å². The average molecular weight is 241 g/mol. The molecule has 1 aliphatic carbocycles. The molecule has 6 nitrogen and oxygen atoms in total. The van der Waals surface area contributed by atoms with E-state index in [1.165, 1.54) is 0 Å². The van der Waals surface area contributed by atoms with E-state index in [0.717, 1.165) is 19.3 Å². The highest BCUT2D eigenvalue weighted by atomic mass is 16.4. The number of aliphatic carboxylic acids is 1. The third-order valence-corrected chi connectivity index (χ3v) is 3.41. The van der Waals surface area contributed by atoms with Gasteiger partial charge in [-0.3, -0.25) is 4.79 Å². The second kappa shape index (κ2) is 4.91. The second-order valence-corrected chi connectivity index (χ2v) is 4.99. The molecule has 2 amide bonds. The molecule has 4 N–H and O–H groups in total. The Morgan fingerprint density at radius 2 is 2.12 bits per heavy atom. The van der Waals surface area contributed by atoms with Crippen molar-refractivity contribution >= 4 is 12.0 Å². The maximum Gasteiger partial charge on any atom is 0.317 e. The normalized spacial score (nSPS) is 25.7. The largest absolute Gasteiger partial charge is 0.481 e. The number of nitrogens with zero attached hydrogens (tertiary/aromatic N) is 1. The van der Waals surface area contributed by atoms with Gasteiger partial charge in [-0.25, -0.2) is 4.79 Å². The number of amides is 2. The number of hydrogen-bond donors (Lipinski definition) is 3. The highest BCUT2D eigenvalue weighted by molar-refractivity contribution is 5.76. The van der Waals surface area contributed by atoms with Gasteiger partial charge in [-0.2, -0.15) is 0 Å². The molecule has 0 radical (unpaired) electrons. The molecule has 0 aromatic carbocycles. The summed E-state index contributed by atoms with van der Waals surface area (Å²) in [6.45, 7) is 1.23. The zero-order chi connectivity index (χ0) is 12.4. The van der Waals surface area contributed by atoms with Crippen molar-refractivity contribution in [3.8, 4) is 0 Å². The fourth-order valence-corrected chi connectivity index (χ4v) is 2.24. The Bertz CT molecular complexity index is 317. The lowest BCUT2D eigenvalue weighted by atomic mass is 10.1. The molecule has 96 valence electrons. The van der Waals surface area contributed by atoms with Crippen LogP contribution in [0.3, 0.4) is 0 Å². The van der Waals surface area contributed by atoms with Gasteiger partial charge in [0.25, 0.3) is 0 Å². The molecule has 1 saturated heterocycles. The number of nitrogens with one attached hydrogen (secondary N) is 1. The lowest BCUT2D eigenvalue weighted by Gasteiger charge is -2.22. The van der Waals surface area contributed by atoms with Gasteiger partial charge in [-0.15, -0.1) is 0 Å². The number of carboxylic acids is 1. The van der Waals surface area contributed by atoms with Crippen LogP contribution in [-0.2, 0) is 4.79 Å². The van der Waals surface area contributed by atoms with Crippen molar-refractivity contribution in [3.63, 3.8) is 0 Å². The van der Waals surface area contributed by atoms with E-state index in [4.69, 9.17) is 10.8 Å². The van der Waals surface area contributed by atoms with Crippen molar-refractivity contribution in [2.75, 3.05) is 13.1 Å². The van der Waals surface area contributed by atoms with Gasteiger partial charge in [-0.1, -0.05) is 0 Å². The minimum absolute atomic E-state index is 0.0102. The van der Waals surface area contributed by atoms with Crippen LogP contribution in [0.5, 0.6) is 0 Å². The van der Waals surface area contributed by atoms with E-state index < -0.39 is 5.97 Å². The standard InChI is InChI=1S/C11H19N3O3/c12-8-3-4-14(6-8)11(17)13-9(5-10(15)16)7-1-2-7/h7-9H,1-6,12H2,(H,13,17)(H,15,16). The Kier molecular flexibility index (Phi) is 3.51. The number of nitrogens with two attached hydrogens (primary N) is 1. The van der Waals surface area contributed by atoms with E-state index in [0.29, 0.717) is 19.0 Å². The molecule has 17 heavy (non-hydrogen) atoms. The van der Waals surface area contributed by atoms with E-state index in [1.807, 2.05) is 0 Å². The topological polar surface area (TPSA) is 95.7 Å². The number of urea groups is 1. The minimum Gasteiger partial charge on any atom is -0.481 e. The summed E-state index contributed by atoms with van der Waals surface area (Å²) in [7, 11) is 0. The monoisotopic (exact) mass is 241 g/mol. The van der Waals surface area contributed by atoms with Crippen LogP contribution < -0.4 is 11.1 Å². The summed E-state index contributed by atoms with van der Waals surface area (Å²) >= 11 is 0. The van der Waals surface area contributed by atoms with Gasteiger partial charge in [0.2, 0.25) is 0 Å². The zero-order valence-corrected chi connectivity index (χ0v) is 9.76. The first-order chi connectivity index (χ1) is 8.06. The summed E-state index contributed by atoms with van der Waals surface area (Å²) in [6, 6.07) is -0.340. The minimum atomic E-state index is -0.861. The van der Waals surface area contributed by atoms with Gasteiger partial charge in [0.15, 0.2) is 0 Å². The van der Waals surface area contributed by atoms with Crippen molar-refractivity contribution in [1.82, 2.24) is 10.2 Å². The molecular weight excluding hydrogens is 222 g/mol. The number of rotatable bonds is 4. The fourth-order valence-electron chi connectivity index (χ4n) is 2.24. The summed E-state index contributed by atoms with van der Waals surface area (Å²) in [5.41, 5.74) is 5.73. The first kappa shape index (κ1) is 12.2. The van der Waals surface area contributed by atoms with Gasteiger partial charge >= 0.3 is 12.0 Å². The van der Waals surface area contributed by atoms with Crippen molar-refractivity contribution < 1.29 is 14.7 Å². The van der Waals surface area contributed by atoms with Crippen LogP contribution >= 0.6 is 0 Å².